The highest BCUT2D eigenvalue weighted by Crippen LogP contribution is 2.27. The van der Waals surface area contributed by atoms with E-state index in [1.54, 1.807) is 0 Å². The van der Waals surface area contributed by atoms with Gasteiger partial charge in [0.05, 0.1) is 13.2 Å². The summed E-state index contributed by atoms with van der Waals surface area (Å²) in [6.07, 6.45) is 4.70. The van der Waals surface area contributed by atoms with Gasteiger partial charge in [-0.25, -0.2) is 0 Å². The maximum absolute atomic E-state index is 6.22. The third kappa shape index (κ3) is 3.30. The molecule has 0 unspecified atom stereocenters. The van der Waals surface area contributed by atoms with Gasteiger partial charge in [-0.05, 0) is 30.5 Å². The molecule has 1 aliphatic carbocycles. The van der Waals surface area contributed by atoms with Crippen LogP contribution in [0.5, 0.6) is 0 Å². The summed E-state index contributed by atoms with van der Waals surface area (Å²) in [6, 6.07) is 8.20. The van der Waals surface area contributed by atoms with Crippen molar-refractivity contribution in [3.8, 4) is 0 Å². The van der Waals surface area contributed by atoms with Gasteiger partial charge in [0.2, 0.25) is 0 Å². The molecule has 0 heterocycles. The maximum atomic E-state index is 6.22. The molecule has 2 rings (SSSR count). The van der Waals surface area contributed by atoms with Crippen LogP contribution in [0.15, 0.2) is 28.7 Å². The normalized spacial score (nSPS) is 18.9. The molecule has 1 aromatic carbocycles. The highest BCUT2D eigenvalue weighted by molar-refractivity contribution is 9.10. The molecular weight excluding hydrogens is 266 g/mol. The molecule has 0 saturated heterocycles. The molecule has 16 heavy (non-hydrogen) atoms. The van der Waals surface area contributed by atoms with E-state index in [0.29, 0.717) is 13.2 Å². The van der Waals surface area contributed by atoms with E-state index in [-0.39, 0.29) is 5.54 Å². The number of ether oxygens (including phenoxy) is 1. The fourth-order valence-corrected chi connectivity index (χ4v) is 2.67. The van der Waals surface area contributed by atoms with E-state index in [1.165, 1.54) is 18.4 Å². The molecule has 0 bridgehead atoms. The Labute approximate surface area is 105 Å². The van der Waals surface area contributed by atoms with Crippen molar-refractivity contribution in [3.63, 3.8) is 0 Å². The smallest absolute Gasteiger partial charge is 0.0718 e. The lowest BCUT2D eigenvalue weighted by atomic mass is 10.0. The van der Waals surface area contributed by atoms with Gasteiger partial charge in [0.1, 0.15) is 0 Å². The number of hydrogen-bond donors (Lipinski definition) is 1. The first kappa shape index (κ1) is 12.1. The first-order chi connectivity index (χ1) is 7.68. The number of hydrogen-bond acceptors (Lipinski definition) is 2. The molecule has 1 fully saturated rings. The summed E-state index contributed by atoms with van der Waals surface area (Å²) in [5.41, 5.74) is 7.35. The van der Waals surface area contributed by atoms with Crippen LogP contribution in [-0.4, -0.2) is 12.1 Å². The van der Waals surface area contributed by atoms with Crippen LogP contribution in [0.3, 0.4) is 0 Å². The summed E-state index contributed by atoms with van der Waals surface area (Å²) < 4.78 is 6.81. The summed E-state index contributed by atoms with van der Waals surface area (Å²) in [5, 5.41) is 0. The van der Waals surface area contributed by atoms with Crippen molar-refractivity contribution in [3.05, 3.63) is 34.3 Å². The van der Waals surface area contributed by atoms with E-state index in [2.05, 4.69) is 28.1 Å². The van der Waals surface area contributed by atoms with E-state index in [9.17, 15) is 0 Å². The average molecular weight is 284 g/mol. The Morgan fingerprint density at radius 2 is 2.06 bits per heavy atom. The fourth-order valence-electron chi connectivity index (χ4n) is 2.22. The van der Waals surface area contributed by atoms with Crippen LogP contribution in [0.1, 0.15) is 31.2 Å². The molecule has 3 heteroatoms. The van der Waals surface area contributed by atoms with Gasteiger partial charge in [-0.3, -0.25) is 0 Å². The van der Waals surface area contributed by atoms with Gasteiger partial charge in [0, 0.05) is 10.0 Å². The molecule has 0 aromatic heterocycles. The highest BCUT2D eigenvalue weighted by atomic mass is 79.9. The number of rotatable bonds is 4. The van der Waals surface area contributed by atoms with Crippen molar-refractivity contribution < 1.29 is 4.74 Å². The Kier molecular flexibility index (Phi) is 4.00. The van der Waals surface area contributed by atoms with Crippen molar-refractivity contribution in [1.82, 2.24) is 0 Å². The Bertz CT molecular complexity index is 348. The zero-order valence-corrected chi connectivity index (χ0v) is 11.0. The molecule has 1 aromatic rings. The van der Waals surface area contributed by atoms with Gasteiger partial charge in [0.25, 0.3) is 0 Å². The summed E-state index contributed by atoms with van der Waals surface area (Å²) in [5.74, 6) is 0. The quantitative estimate of drug-likeness (QED) is 0.921. The summed E-state index contributed by atoms with van der Waals surface area (Å²) in [6.45, 7) is 1.33. The molecular formula is C13H18BrNO. The molecule has 0 aliphatic heterocycles. The van der Waals surface area contributed by atoms with Gasteiger partial charge < -0.3 is 10.5 Å². The van der Waals surface area contributed by atoms with E-state index in [1.807, 2.05) is 12.1 Å². The summed E-state index contributed by atoms with van der Waals surface area (Å²) in [7, 11) is 0. The van der Waals surface area contributed by atoms with Gasteiger partial charge in [0.15, 0.2) is 0 Å². The van der Waals surface area contributed by atoms with Gasteiger partial charge in [-0.1, -0.05) is 40.9 Å². The van der Waals surface area contributed by atoms with Crippen LogP contribution in [0, 0.1) is 0 Å². The maximum Gasteiger partial charge on any atom is 0.0718 e. The molecule has 0 amide bonds. The average Bonchev–Trinajstić information content (AvgIpc) is 2.65. The Morgan fingerprint density at radius 1 is 1.31 bits per heavy atom. The molecule has 2 nitrogen and oxygen atoms in total. The van der Waals surface area contributed by atoms with E-state index >= 15 is 0 Å². The van der Waals surface area contributed by atoms with Crippen molar-refractivity contribution in [2.75, 3.05) is 6.61 Å². The summed E-state index contributed by atoms with van der Waals surface area (Å²) >= 11 is 3.45. The van der Waals surface area contributed by atoms with Crippen LogP contribution in [0.2, 0.25) is 0 Å². The zero-order valence-electron chi connectivity index (χ0n) is 9.42. The van der Waals surface area contributed by atoms with Gasteiger partial charge >= 0.3 is 0 Å². The van der Waals surface area contributed by atoms with Crippen LogP contribution in [0.4, 0.5) is 0 Å². The predicted molar refractivity (Wildman–Crippen MR) is 69.2 cm³/mol. The zero-order chi connectivity index (χ0) is 11.4. The molecule has 1 saturated carbocycles. The predicted octanol–water partition coefficient (Wildman–Crippen LogP) is 3.24. The van der Waals surface area contributed by atoms with Crippen molar-refractivity contribution in [2.24, 2.45) is 5.73 Å². The van der Waals surface area contributed by atoms with Crippen LogP contribution in [-0.2, 0) is 11.3 Å². The molecule has 2 N–H and O–H groups in total. The van der Waals surface area contributed by atoms with Crippen LogP contribution >= 0.6 is 15.9 Å². The standard InChI is InChI=1S/C13H18BrNO/c14-12-5-3-4-11(8-12)9-16-10-13(15)6-1-2-7-13/h3-5,8H,1-2,6-7,9-10,15H2. The number of benzene rings is 1. The molecule has 88 valence electrons. The minimum atomic E-state index is -0.0635. The Morgan fingerprint density at radius 3 is 2.75 bits per heavy atom. The van der Waals surface area contributed by atoms with Crippen LogP contribution in [0.25, 0.3) is 0 Å². The topological polar surface area (TPSA) is 35.2 Å². The fraction of sp³-hybridized carbons (Fsp3) is 0.538. The monoisotopic (exact) mass is 283 g/mol. The van der Waals surface area contributed by atoms with Crippen molar-refractivity contribution in [2.45, 2.75) is 37.8 Å². The van der Waals surface area contributed by atoms with Gasteiger partial charge in [-0.15, -0.1) is 0 Å². The number of nitrogens with two attached hydrogens (primary N) is 1. The molecule has 0 radical (unpaired) electrons. The van der Waals surface area contributed by atoms with Crippen molar-refractivity contribution >= 4 is 15.9 Å². The lowest BCUT2D eigenvalue weighted by molar-refractivity contribution is 0.0751. The Hall–Kier alpha value is -0.380. The SMILES string of the molecule is NC1(COCc2cccc(Br)c2)CCCC1. The number of halogens is 1. The lowest BCUT2D eigenvalue weighted by Gasteiger charge is -2.23. The van der Waals surface area contributed by atoms with Crippen LogP contribution < -0.4 is 5.73 Å². The first-order valence-electron chi connectivity index (χ1n) is 5.79. The highest BCUT2D eigenvalue weighted by Gasteiger charge is 2.29. The van der Waals surface area contributed by atoms with Crippen molar-refractivity contribution in [1.29, 1.82) is 0 Å². The molecule has 0 atom stereocenters. The minimum absolute atomic E-state index is 0.0635. The largest absolute Gasteiger partial charge is 0.375 e. The van der Waals surface area contributed by atoms with E-state index in [0.717, 1.165) is 17.3 Å². The second-order valence-electron chi connectivity index (χ2n) is 4.69. The lowest BCUT2D eigenvalue weighted by Crippen LogP contribution is -2.41. The minimum Gasteiger partial charge on any atom is -0.375 e. The van der Waals surface area contributed by atoms with E-state index in [4.69, 9.17) is 10.5 Å². The summed E-state index contributed by atoms with van der Waals surface area (Å²) in [4.78, 5) is 0. The third-order valence-corrected chi connectivity index (χ3v) is 3.64. The van der Waals surface area contributed by atoms with E-state index < -0.39 is 0 Å². The molecule has 0 spiro atoms. The second-order valence-corrected chi connectivity index (χ2v) is 5.61. The first-order valence-corrected chi connectivity index (χ1v) is 6.58. The third-order valence-electron chi connectivity index (χ3n) is 3.15. The Balaban J connectivity index is 1.79. The second kappa shape index (κ2) is 5.30. The van der Waals surface area contributed by atoms with Gasteiger partial charge in [-0.2, -0.15) is 0 Å². The molecule has 1 aliphatic rings.